The summed E-state index contributed by atoms with van der Waals surface area (Å²) >= 11 is 0. The number of hydrogen-bond donors (Lipinski definition) is 1. The first-order chi connectivity index (χ1) is 17.4. The van der Waals surface area contributed by atoms with E-state index in [1.54, 1.807) is 24.4 Å². The third-order valence-corrected chi connectivity index (χ3v) is 6.36. The van der Waals surface area contributed by atoms with E-state index in [1.807, 2.05) is 22.8 Å². The van der Waals surface area contributed by atoms with Crippen LogP contribution in [0.4, 0.5) is 13.2 Å². The molecule has 36 heavy (non-hydrogen) atoms. The van der Waals surface area contributed by atoms with Crippen LogP contribution >= 0.6 is 0 Å². The van der Waals surface area contributed by atoms with Crippen LogP contribution in [0.25, 0.3) is 11.2 Å². The van der Waals surface area contributed by atoms with E-state index >= 15 is 0 Å². The molecule has 6 nitrogen and oxygen atoms in total. The number of pyridine rings is 1. The van der Waals surface area contributed by atoms with Gasteiger partial charge in [-0.05, 0) is 60.2 Å². The van der Waals surface area contributed by atoms with Crippen molar-refractivity contribution in [1.29, 1.82) is 0 Å². The second kappa shape index (κ2) is 10.0. The average Bonchev–Trinajstić information content (AvgIpc) is 3.20. The predicted octanol–water partition coefficient (Wildman–Crippen LogP) is 5.50. The largest absolute Gasteiger partial charge is 0.573 e. The molecule has 1 atom stereocenters. The maximum atomic E-state index is 12.9. The number of amides is 1. The first kappa shape index (κ1) is 23.8. The van der Waals surface area contributed by atoms with Crippen molar-refractivity contribution < 1.29 is 22.7 Å². The highest BCUT2D eigenvalue weighted by molar-refractivity contribution is 5.77. The lowest BCUT2D eigenvalue weighted by molar-refractivity contribution is -0.274. The van der Waals surface area contributed by atoms with Gasteiger partial charge in [0.2, 0.25) is 5.91 Å². The van der Waals surface area contributed by atoms with Gasteiger partial charge in [0.1, 0.15) is 17.1 Å². The monoisotopic (exact) mass is 494 g/mol. The van der Waals surface area contributed by atoms with Crippen LogP contribution in [0.3, 0.4) is 0 Å². The van der Waals surface area contributed by atoms with Gasteiger partial charge in [-0.2, -0.15) is 0 Å². The van der Waals surface area contributed by atoms with Crippen molar-refractivity contribution in [2.24, 2.45) is 0 Å². The summed E-state index contributed by atoms with van der Waals surface area (Å²) in [7, 11) is 0. The fourth-order valence-electron chi connectivity index (χ4n) is 4.74. The smallest absolute Gasteiger partial charge is 0.406 e. The third-order valence-electron chi connectivity index (χ3n) is 6.36. The molecule has 1 aliphatic rings. The Morgan fingerprint density at radius 3 is 2.69 bits per heavy atom. The molecular weight excluding hydrogens is 469 g/mol. The van der Waals surface area contributed by atoms with Crippen molar-refractivity contribution in [2.45, 2.75) is 51.1 Å². The summed E-state index contributed by atoms with van der Waals surface area (Å²) < 4.78 is 43.3. The number of nitrogens with zero attached hydrogens (tertiary/aromatic N) is 3. The van der Waals surface area contributed by atoms with Crippen molar-refractivity contribution >= 4 is 17.1 Å². The van der Waals surface area contributed by atoms with Crippen LogP contribution in [0.15, 0.2) is 66.9 Å². The Hall–Kier alpha value is -3.88. The molecule has 0 fully saturated rings. The Kier molecular flexibility index (Phi) is 6.63. The molecule has 0 radical (unpaired) electrons. The van der Waals surface area contributed by atoms with Crippen molar-refractivity contribution in [2.75, 3.05) is 0 Å². The number of carbonyl (C=O) groups excluding carboxylic acids is 1. The minimum Gasteiger partial charge on any atom is -0.406 e. The normalized spacial score (nSPS) is 15.5. The summed E-state index contributed by atoms with van der Waals surface area (Å²) in [6.07, 6.45) is 0.585. The highest BCUT2D eigenvalue weighted by atomic mass is 19.4. The van der Waals surface area contributed by atoms with Gasteiger partial charge in [0.25, 0.3) is 0 Å². The van der Waals surface area contributed by atoms with Gasteiger partial charge in [-0.3, -0.25) is 4.79 Å². The highest BCUT2D eigenvalue weighted by Gasteiger charge is 2.31. The van der Waals surface area contributed by atoms with E-state index in [0.717, 1.165) is 24.8 Å². The Labute approximate surface area is 206 Å². The lowest BCUT2D eigenvalue weighted by Crippen LogP contribution is -2.31. The van der Waals surface area contributed by atoms with Crippen LogP contribution in [0.2, 0.25) is 0 Å². The first-order valence-electron chi connectivity index (χ1n) is 11.9. The number of nitrogens with one attached hydrogen (secondary N) is 1. The second-order valence-electron chi connectivity index (χ2n) is 8.86. The Morgan fingerprint density at radius 1 is 1.08 bits per heavy atom. The Morgan fingerprint density at radius 2 is 1.89 bits per heavy atom. The zero-order valence-electron chi connectivity index (χ0n) is 19.5. The molecule has 1 amide bonds. The number of aromatic nitrogens is 3. The summed E-state index contributed by atoms with van der Waals surface area (Å²) in [6.45, 7) is 0.354. The number of ether oxygens (including phenoxy) is 1. The van der Waals surface area contributed by atoms with Gasteiger partial charge in [0, 0.05) is 19.0 Å². The summed E-state index contributed by atoms with van der Waals surface area (Å²) in [5.41, 5.74) is 4.59. The number of alkyl halides is 3. The maximum Gasteiger partial charge on any atom is 0.573 e. The van der Waals surface area contributed by atoms with Gasteiger partial charge in [-0.15, -0.1) is 13.2 Å². The van der Waals surface area contributed by atoms with Gasteiger partial charge in [0.15, 0.2) is 5.65 Å². The van der Waals surface area contributed by atoms with E-state index < -0.39 is 6.36 Å². The molecule has 4 aromatic rings. The molecule has 5 rings (SSSR count). The van der Waals surface area contributed by atoms with Crippen LogP contribution in [0.1, 0.15) is 47.8 Å². The number of halogens is 3. The van der Waals surface area contributed by atoms with Crippen molar-refractivity contribution in [1.82, 2.24) is 19.9 Å². The lowest BCUT2D eigenvalue weighted by atomic mass is 9.87. The Bertz CT molecular complexity index is 1370. The van der Waals surface area contributed by atoms with Crippen LogP contribution in [-0.4, -0.2) is 26.8 Å². The maximum absolute atomic E-state index is 12.9. The van der Waals surface area contributed by atoms with E-state index in [-0.39, 0.29) is 24.1 Å². The fraction of sp³-hybridized carbons (Fsp3) is 0.296. The molecule has 0 saturated carbocycles. The number of carbonyl (C=O) groups is 1. The molecule has 186 valence electrons. The lowest BCUT2D eigenvalue weighted by Gasteiger charge is -2.26. The van der Waals surface area contributed by atoms with Crippen molar-refractivity contribution in [3.8, 4) is 5.75 Å². The molecule has 2 heterocycles. The minimum atomic E-state index is -4.74. The molecule has 0 spiro atoms. The zero-order valence-corrected chi connectivity index (χ0v) is 19.5. The minimum absolute atomic E-state index is 0.0142. The van der Waals surface area contributed by atoms with E-state index in [1.165, 1.54) is 23.3 Å². The van der Waals surface area contributed by atoms with Gasteiger partial charge in [-0.25, -0.2) is 9.97 Å². The summed E-state index contributed by atoms with van der Waals surface area (Å²) in [5.74, 6) is 0.372. The predicted molar refractivity (Wildman–Crippen MR) is 128 cm³/mol. The van der Waals surface area contributed by atoms with Gasteiger partial charge >= 0.3 is 6.36 Å². The number of imidazole rings is 1. The Balaban J connectivity index is 1.30. The first-order valence-corrected chi connectivity index (χ1v) is 11.9. The topological polar surface area (TPSA) is 69.0 Å². The average molecular weight is 495 g/mol. The number of fused-ring (bicyclic) bond motifs is 2. The van der Waals surface area contributed by atoms with E-state index in [2.05, 4.69) is 32.2 Å². The van der Waals surface area contributed by atoms with Crippen LogP contribution in [0.5, 0.6) is 5.75 Å². The quantitative estimate of drug-likeness (QED) is 0.368. The fourth-order valence-corrected chi connectivity index (χ4v) is 4.74. The molecule has 0 saturated heterocycles. The highest BCUT2D eigenvalue weighted by Crippen LogP contribution is 2.29. The zero-order chi connectivity index (χ0) is 25.1. The summed E-state index contributed by atoms with van der Waals surface area (Å²) in [4.78, 5) is 22.0. The molecular formula is C27H25F3N4O2. The molecule has 1 unspecified atom stereocenters. The standard InChI is InChI=1S/C27H25F3N4O2/c28-27(29,30)36-20-12-10-18(11-13-20)17-34-24(32-23-9-4-16-31-26(23)34)14-15-25(35)33-22-8-3-6-19-5-1-2-7-21(19)22/h1-2,4-5,7,9-13,16,22H,3,6,8,14-15,17H2,(H,33,35). The van der Waals surface area contributed by atoms with Crippen molar-refractivity contribution in [3.63, 3.8) is 0 Å². The second-order valence-corrected chi connectivity index (χ2v) is 8.86. The summed E-state index contributed by atoms with van der Waals surface area (Å²) in [6, 6.07) is 17.6. The van der Waals surface area contributed by atoms with Gasteiger partial charge in [0.05, 0.1) is 12.6 Å². The van der Waals surface area contributed by atoms with Crippen molar-refractivity contribution in [3.05, 3.63) is 89.4 Å². The molecule has 0 aliphatic heterocycles. The number of aryl methyl sites for hydroxylation is 2. The SMILES string of the molecule is O=C(CCc1nc2cccnc2n1Cc1ccc(OC(F)(F)F)cc1)NC1CCCc2ccccc21. The molecule has 0 bridgehead atoms. The third kappa shape index (κ3) is 5.50. The van der Waals surface area contributed by atoms with Gasteiger partial charge < -0.3 is 14.6 Å². The molecule has 2 aromatic carbocycles. The number of benzene rings is 2. The molecule has 1 N–H and O–H groups in total. The molecule has 2 aromatic heterocycles. The van der Waals surface area contributed by atoms with E-state index in [4.69, 9.17) is 0 Å². The van der Waals surface area contributed by atoms with E-state index in [9.17, 15) is 18.0 Å². The molecule has 9 heteroatoms. The van der Waals surface area contributed by atoms with Crippen LogP contribution in [0, 0.1) is 0 Å². The molecule has 1 aliphatic carbocycles. The summed E-state index contributed by atoms with van der Waals surface area (Å²) in [5, 5.41) is 3.18. The van der Waals surface area contributed by atoms with Gasteiger partial charge in [-0.1, -0.05) is 36.4 Å². The van der Waals surface area contributed by atoms with Crippen LogP contribution < -0.4 is 10.1 Å². The number of hydrogen-bond acceptors (Lipinski definition) is 4. The van der Waals surface area contributed by atoms with Crippen LogP contribution in [-0.2, 0) is 24.2 Å². The number of rotatable bonds is 7. The van der Waals surface area contributed by atoms with E-state index in [0.29, 0.717) is 30.0 Å².